The highest BCUT2D eigenvalue weighted by molar-refractivity contribution is 5.98. The van der Waals surface area contributed by atoms with Crippen molar-refractivity contribution in [2.24, 2.45) is 5.92 Å². The Kier molecular flexibility index (Phi) is 6.57. The molecule has 1 heterocycles. The molecule has 1 N–H and O–H groups in total. The third-order valence-corrected chi connectivity index (χ3v) is 5.16. The molecule has 2 aromatic carbocycles. The molecule has 5 heteroatoms. The normalized spacial score (nSPS) is 13.4. The minimum atomic E-state index is -0.226. The van der Waals surface area contributed by atoms with Crippen molar-refractivity contribution in [2.75, 3.05) is 23.4 Å². The minimum absolute atomic E-state index is 0.0605. The lowest BCUT2D eigenvalue weighted by Gasteiger charge is -2.31. The molecule has 0 bridgehead atoms. The molecule has 0 aliphatic carbocycles. The van der Waals surface area contributed by atoms with Gasteiger partial charge in [-0.05, 0) is 54.2 Å². The Labute approximate surface area is 173 Å². The van der Waals surface area contributed by atoms with Gasteiger partial charge in [0.2, 0.25) is 5.91 Å². The average molecular weight is 395 g/mol. The van der Waals surface area contributed by atoms with E-state index < -0.39 is 0 Å². The molecule has 1 aliphatic heterocycles. The van der Waals surface area contributed by atoms with E-state index >= 15 is 0 Å². The Morgan fingerprint density at radius 3 is 2.45 bits per heavy atom. The maximum Gasteiger partial charge on any atom is 0.262 e. The van der Waals surface area contributed by atoms with Gasteiger partial charge in [-0.2, -0.15) is 0 Å². The number of ether oxygens (including phenoxy) is 1. The van der Waals surface area contributed by atoms with E-state index in [4.69, 9.17) is 4.74 Å². The standard InChI is InChI=1S/C24H30N2O3/c1-16(2)18-8-11-21(12-9-18)29-15-23(27)25-20-10-7-19-6-5-13-26(22(19)14-20)24(28)17(3)4/h7-12,14,16-17H,5-6,13,15H2,1-4H3,(H,25,27). The summed E-state index contributed by atoms with van der Waals surface area (Å²) in [6, 6.07) is 13.6. The fraction of sp³-hybridized carbons (Fsp3) is 0.417. The molecule has 3 rings (SSSR count). The zero-order chi connectivity index (χ0) is 21.0. The third kappa shape index (κ3) is 5.17. The van der Waals surface area contributed by atoms with Crippen LogP contribution in [0, 0.1) is 5.92 Å². The van der Waals surface area contributed by atoms with Crippen molar-refractivity contribution in [1.82, 2.24) is 0 Å². The summed E-state index contributed by atoms with van der Waals surface area (Å²) in [7, 11) is 0. The number of carbonyl (C=O) groups is 2. The molecule has 154 valence electrons. The lowest BCUT2D eigenvalue weighted by Crippen LogP contribution is -2.38. The van der Waals surface area contributed by atoms with Crippen LogP contribution >= 0.6 is 0 Å². The van der Waals surface area contributed by atoms with E-state index in [2.05, 4.69) is 19.2 Å². The van der Waals surface area contributed by atoms with E-state index in [0.717, 1.165) is 30.6 Å². The quantitative estimate of drug-likeness (QED) is 0.768. The van der Waals surface area contributed by atoms with Gasteiger partial charge in [-0.15, -0.1) is 0 Å². The first-order chi connectivity index (χ1) is 13.8. The molecule has 0 saturated heterocycles. The SMILES string of the molecule is CC(C)C(=O)N1CCCc2ccc(NC(=O)COc3ccc(C(C)C)cc3)cc21. The van der Waals surface area contributed by atoms with Gasteiger partial charge in [0.05, 0.1) is 0 Å². The van der Waals surface area contributed by atoms with Crippen LogP contribution in [0.1, 0.15) is 51.2 Å². The summed E-state index contributed by atoms with van der Waals surface area (Å²) in [5.41, 5.74) is 3.95. The smallest absolute Gasteiger partial charge is 0.262 e. The number of rotatable bonds is 6. The molecule has 0 spiro atoms. The first-order valence-corrected chi connectivity index (χ1v) is 10.3. The van der Waals surface area contributed by atoms with Crippen molar-refractivity contribution in [1.29, 1.82) is 0 Å². The zero-order valence-electron chi connectivity index (χ0n) is 17.7. The molecule has 2 amide bonds. The van der Waals surface area contributed by atoms with Gasteiger partial charge in [-0.25, -0.2) is 0 Å². The maximum absolute atomic E-state index is 12.5. The van der Waals surface area contributed by atoms with Crippen molar-refractivity contribution in [3.63, 3.8) is 0 Å². The van der Waals surface area contributed by atoms with Crippen molar-refractivity contribution in [3.8, 4) is 5.75 Å². The summed E-state index contributed by atoms with van der Waals surface area (Å²) in [4.78, 5) is 26.7. The number of nitrogens with one attached hydrogen (secondary N) is 1. The van der Waals surface area contributed by atoms with Crippen LogP contribution in [-0.2, 0) is 16.0 Å². The van der Waals surface area contributed by atoms with Crippen LogP contribution in [0.25, 0.3) is 0 Å². The Hall–Kier alpha value is -2.82. The molecule has 0 saturated carbocycles. The summed E-state index contributed by atoms with van der Waals surface area (Å²) < 4.78 is 5.60. The van der Waals surface area contributed by atoms with E-state index in [1.54, 1.807) is 0 Å². The topological polar surface area (TPSA) is 58.6 Å². The number of amides is 2. The number of aryl methyl sites for hydroxylation is 1. The first kappa shape index (κ1) is 20.9. The summed E-state index contributed by atoms with van der Waals surface area (Å²) in [5, 5.41) is 2.88. The molecule has 5 nitrogen and oxygen atoms in total. The molecule has 0 unspecified atom stereocenters. The molecule has 0 aromatic heterocycles. The molecule has 0 atom stereocenters. The number of nitrogens with zero attached hydrogens (tertiary/aromatic N) is 1. The van der Waals surface area contributed by atoms with Gasteiger partial charge in [0.25, 0.3) is 5.91 Å². The fourth-order valence-electron chi connectivity index (χ4n) is 3.49. The second kappa shape index (κ2) is 9.12. The number of hydrogen-bond acceptors (Lipinski definition) is 3. The van der Waals surface area contributed by atoms with Crippen molar-refractivity contribution >= 4 is 23.2 Å². The van der Waals surface area contributed by atoms with Gasteiger partial charge in [0.15, 0.2) is 6.61 Å². The predicted octanol–water partition coefficient (Wildman–Crippen LogP) is 4.76. The summed E-state index contributed by atoms with van der Waals surface area (Å²) in [6.07, 6.45) is 1.90. The Morgan fingerprint density at radius 2 is 1.79 bits per heavy atom. The molecular weight excluding hydrogens is 364 g/mol. The van der Waals surface area contributed by atoms with Gasteiger partial charge in [0, 0.05) is 23.8 Å². The fourth-order valence-corrected chi connectivity index (χ4v) is 3.49. The van der Waals surface area contributed by atoms with Crippen LogP contribution in [0.15, 0.2) is 42.5 Å². The lowest BCUT2D eigenvalue weighted by molar-refractivity contribution is -0.121. The predicted molar refractivity (Wildman–Crippen MR) is 117 cm³/mol. The maximum atomic E-state index is 12.5. The van der Waals surface area contributed by atoms with Gasteiger partial charge < -0.3 is 15.0 Å². The van der Waals surface area contributed by atoms with Crippen molar-refractivity contribution < 1.29 is 14.3 Å². The molecule has 0 fully saturated rings. The summed E-state index contributed by atoms with van der Waals surface area (Å²) >= 11 is 0. The third-order valence-electron chi connectivity index (χ3n) is 5.16. The van der Waals surface area contributed by atoms with Crippen LogP contribution in [0.4, 0.5) is 11.4 Å². The first-order valence-electron chi connectivity index (χ1n) is 10.3. The van der Waals surface area contributed by atoms with E-state index in [-0.39, 0.29) is 24.3 Å². The number of fused-ring (bicyclic) bond motifs is 1. The molecular formula is C24H30N2O3. The molecule has 1 aliphatic rings. The highest BCUT2D eigenvalue weighted by atomic mass is 16.5. The summed E-state index contributed by atoms with van der Waals surface area (Å²) in [5.74, 6) is 0.954. The Morgan fingerprint density at radius 1 is 1.07 bits per heavy atom. The average Bonchev–Trinajstić information content (AvgIpc) is 2.71. The Bertz CT molecular complexity index is 872. The summed E-state index contributed by atoms with van der Waals surface area (Å²) in [6.45, 7) is 8.75. The zero-order valence-corrected chi connectivity index (χ0v) is 17.7. The monoisotopic (exact) mass is 394 g/mol. The Balaban J connectivity index is 1.63. The van der Waals surface area contributed by atoms with Crippen molar-refractivity contribution in [3.05, 3.63) is 53.6 Å². The number of carbonyl (C=O) groups excluding carboxylic acids is 2. The lowest BCUT2D eigenvalue weighted by atomic mass is 9.99. The minimum Gasteiger partial charge on any atom is -0.484 e. The molecule has 2 aromatic rings. The molecule has 29 heavy (non-hydrogen) atoms. The highest BCUT2D eigenvalue weighted by Crippen LogP contribution is 2.31. The van der Waals surface area contributed by atoms with Gasteiger partial charge in [0.1, 0.15) is 5.75 Å². The van der Waals surface area contributed by atoms with Crippen molar-refractivity contribution in [2.45, 2.75) is 46.5 Å². The van der Waals surface area contributed by atoms with Gasteiger partial charge in [-0.3, -0.25) is 9.59 Å². The second-order valence-electron chi connectivity index (χ2n) is 8.15. The van der Waals surface area contributed by atoms with E-state index in [0.29, 0.717) is 17.4 Å². The van der Waals surface area contributed by atoms with Crippen LogP contribution < -0.4 is 15.0 Å². The van der Waals surface area contributed by atoms with Crippen LogP contribution in [0.3, 0.4) is 0 Å². The number of hydrogen-bond donors (Lipinski definition) is 1. The molecule has 0 radical (unpaired) electrons. The van der Waals surface area contributed by atoms with Crippen LogP contribution in [-0.4, -0.2) is 25.0 Å². The van der Waals surface area contributed by atoms with Gasteiger partial charge >= 0.3 is 0 Å². The highest BCUT2D eigenvalue weighted by Gasteiger charge is 2.24. The largest absolute Gasteiger partial charge is 0.484 e. The number of benzene rings is 2. The van der Waals surface area contributed by atoms with Crippen LogP contribution in [0.5, 0.6) is 5.75 Å². The number of anilines is 2. The second-order valence-corrected chi connectivity index (χ2v) is 8.15. The van der Waals surface area contributed by atoms with E-state index in [9.17, 15) is 9.59 Å². The van der Waals surface area contributed by atoms with E-state index in [1.807, 2.05) is 61.2 Å². The van der Waals surface area contributed by atoms with Crippen LogP contribution in [0.2, 0.25) is 0 Å². The van der Waals surface area contributed by atoms with E-state index in [1.165, 1.54) is 5.56 Å². The van der Waals surface area contributed by atoms with Gasteiger partial charge in [-0.1, -0.05) is 45.9 Å².